The molecule has 1 aliphatic heterocycles. The Morgan fingerprint density at radius 1 is 1.17 bits per heavy atom. The highest BCUT2D eigenvalue weighted by Crippen LogP contribution is 2.30. The third kappa shape index (κ3) is 5.10. The van der Waals surface area contributed by atoms with Gasteiger partial charge in [-0.25, -0.2) is 4.39 Å². The molecule has 30 heavy (non-hydrogen) atoms. The molecule has 0 atom stereocenters. The lowest BCUT2D eigenvalue weighted by atomic mass is 10.2. The Hall–Kier alpha value is -2.62. The summed E-state index contributed by atoms with van der Waals surface area (Å²) in [7, 11) is 0. The van der Waals surface area contributed by atoms with Gasteiger partial charge in [-0.3, -0.25) is 4.79 Å². The van der Waals surface area contributed by atoms with Gasteiger partial charge in [0.25, 0.3) is 5.22 Å². The quantitative estimate of drug-likeness (QED) is 0.568. The van der Waals surface area contributed by atoms with Gasteiger partial charge in [0.15, 0.2) is 0 Å². The molecule has 0 aliphatic carbocycles. The Morgan fingerprint density at radius 3 is 2.70 bits per heavy atom. The Bertz CT molecular complexity index is 1030. The number of halogens is 2. The van der Waals surface area contributed by atoms with Crippen LogP contribution in [0, 0.1) is 5.82 Å². The van der Waals surface area contributed by atoms with E-state index in [4.69, 9.17) is 20.8 Å². The van der Waals surface area contributed by atoms with E-state index in [1.165, 1.54) is 12.1 Å². The largest absolute Gasteiger partial charge is 0.411 e. The standard InChI is InChI=1S/C20H18ClFN4O3S/c21-14-3-6-17(26-7-9-28-10-8-26)16(11-14)23-18(27)12-30-20-25-24-19(29-20)13-1-4-15(22)5-2-13/h1-6,11H,7-10,12H2,(H,23,27). The van der Waals surface area contributed by atoms with Crippen LogP contribution in [-0.2, 0) is 9.53 Å². The highest BCUT2D eigenvalue weighted by molar-refractivity contribution is 7.99. The number of nitrogens with zero attached hydrogens (tertiary/aromatic N) is 3. The van der Waals surface area contributed by atoms with Crippen molar-refractivity contribution < 1.29 is 18.3 Å². The lowest BCUT2D eigenvalue weighted by Crippen LogP contribution is -2.36. The summed E-state index contributed by atoms with van der Waals surface area (Å²) in [5, 5.41) is 11.6. The van der Waals surface area contributed by atoms with Gasteiger partial charge in [-0.2, -0.15) is 0 Å². The van der Waals surface area contributed by atoms with Gasteiger partial charge >= 0.3 is 0 Å². The molecule has 156 valence electrons. The fraction of sp³-hybridized carbons (Fsp3) is 0.250. The summed E-state index contributed by atoms with van der Waals surface area (Å²) in [6.45, 7) is 2.76. The number of thioether (sulfide) groups is 1. The number of ether oxygens (including phenoxy) is 1. The molecule has 0 spiro atoms. The molecule has 1 saturated heterocycles. The summed E-state index contributed by atoms with van der Waals surface area (Å²) in [5.74, 6) is -0.220. The lowest BCUT2D eigenvalue weighted by Gasteiger charge is -2.30. The van der Waals surface area contributed by atoms with Crippen LogP contribution in [0.1, 0.15) is 0 Å². The van der Waals surface area contributed by atoms with Gasteiger partial charge < -0.3 is 19.4 Å². The minimum absolute atomic E-state index is 0.0834. The lowest BCUT2D eigenvalue weighted by molar-refractivity contribution is -0.113. The highest BCUT2D eigenvalue weighted by atomic mass is 35.5. The topological polar surface area (TPSA) is 80.5 Å². The van der Waals surface area contributed by atoms with Gasteiger partial charge in [-0.15, -0.1) is 10.2 Å². The van der Waals surface area contributed by atoms with E-state index in [1.807, 2.05) is 6.07 Å². The first-order valence-electron chi connectivity index (χ1n) is 9.23. The summed E-state index contributed by atoms with van der Waals surface area (Å²) in [6.07, 6.45) is 0. The molecular formula is C20H18ClFN4O3S. The number of benzene rings is 2. The summed E-state index contributed by atoms with van der Waals surface area (Å²) >= 11 is 7.25. The van der Waals surface area contributed by atoms with Gasteiger partial charge in [-0.05, 0) is 42.5 Å². The SMILES string of the molecule is O=C(CSc1nnc(-c2ccc(F)cc2)o1)Nc1cc(Cl)ccc1N1CCOCC1. The first-order valence-corrected chi connectivity index (χ1v) is 10.6. The molecule has 1 aromatic heterocycles. The second kappa shape index (κ2) is 9.46. The van der Waals surface area contributed by atoms with Crippen LogP contribution in [0.15, 0.2) is 52.1 Å². The van der Waals surface area contributed by atoms with E-state index in [2.05, 4.69) is 20.4 Å². The average molecular weight is 449 g/mol. The van der Waals surface area contributed by atoms with Crippen molar-refractivity contribution in [1.82, 2.24) is 10.2 Å². The Labute approximate surface area is 181 Å². The molecule has 1 amide bonds. The highest BCUT2D eigenvalue weighted by Gasteiger charge is 2.17. The second-order valence-corrected chi connectivity index (χ2v) is 7.84. The third-order valence-electron chi connectivity index (χ3n) is 4.41. The van der Waals surface area contributed by atoms with Gasteiger partial charge in [0, 0.05) is 23.7 Å². The summed E-state index contributed by atoms with van der Waals surface area (Å²) in [4.78, 5) is 14.6. The van der Waals surface area contributed by atoms with E-state index in [0.717, 1.165) is 30.5 Å². The van der Waals surface area contributed by atoms with Crippen molar-refractivity contribution in [3.63, 3.8) is 0 Å². The molecule has 10 heteroatoms. The van der Waals surface area contributed by atoms with Crippen LogP contribution in [0.5, 0.6) is 0 Å². The zero-order chi connectivity index (χ0) is 20.9. The molecule has 7 nitrogen and oxygen atoms in total. The van der Waals surface area contributed by atoms with Crippen LogP contribution in [0.2, 0.25) is 5.02 Å². The molecule has 1 fully saturated rings. The molecule has 1 N–H and O–H groups in total. The van der Waals surface area contributed by atoms with E-state index in [9.17, 15) is 9.18 Å². The third-order valence-corrected chi connectivity index (χ3v) is 5.46. The monoisotopic (exact) mass is 448 g/mol. The Morgan fingerprint density at radius 2 is 1.93 bits per heavy atom. The maximum atomic E-state index is 13.0. The van der Waals surface area contributed by atoms with Crippen LogP contribution in [-0.4, -0.2) is 48.2 Å². The smallest absolute Gasteiger partial charge is 0.277 e. The number of carbonyl (C=O) groups is 1. The predicted octanol–water partition coefficient (Wildman–Crippen LogP) is 4.10. The molecule has 0 unspecified atom stereocenters. The van der Waals surface area contributed by atoms with Crippen molar-refractivity contribution in [2.75, 3.05) is 42.3 Å². The molecule has 0 radical (unpaired) electrons. The minimum Gasteiger partial charge on any atom is -0.411 e. The predicted molar refractivity (Wildman–Crippen MR) is 114 cm³/mol. The normalized spacial score (nSPS) is 14.0. The number of carbonyl (C=O) groups excluding carboxylic acids is 1. The fourth-order valence-corrected chi connectivity index (χ4v) is 3.71. The van der Waals surface area contributed by atoms with E-state index < -0.39 is 0 Å². The number of hydrogen-bond acceptors (Lipinski definition) is 7. The number of amides is 1. The van der Waals surface area contributed by atoms with Crippen molar-refractivity contribution in [3.8, 4) is 11.5 Å². The van der Waals surface area contributed by atoms with Crippen LogP contribution in [0.25, 0.3) is 11.5 Å². The Balaban J connectivity index is 1.38. The molecule has 1 aliphatic rings. The van der Waals surface area contributed by atoms with Crippen LogP contribution >= 0.6 is 23.4 Å². The zero-order valence-corrected chi connectivity index (χ0v) is 17.4. The molecule has 3 aromatic rings. The summed E-state index contributed by atoms with van der Waals surface area (Å²) in [5.41, 5.74) is 2.15. The molecule has 0 saturated carbocycles. The van der Waals surface area contributed by atoms with Crippen molar-refractivity contribution in [3.05, 3.63) is 53.3 Å². The number of rotatable bonds is 6. The first-order chi connectivity index (χ1) is 14.6. The number of morpholine rings is 1. The van der Waals surface area contributed by atoms with Crippen LogP contribution in [0.3, 0.4) is 0 Å². The first kappa shape index (κ1) is 20.6. The van der Waals surface area contributed by atoms with E-state index in [0.29, 0.717) is 29.5 Å². The maximum absolute atomic E-state index is 13.0. The van der Waals surface area contributed by atoms with Crippen LogP contribution < -0.4 is 10.2 Å². The van der Waals surface area contributed by atoms with Gasteiger partial charge in [0.1, 0.15) is 5.82 Å². The molecule has 2 aromatic carbocycles. The minimum atomic E-state index is -0.345. The molecular weight excluding hydrogens is 431 g/mol. The molecule has 4 rings (SSSR count). The van der Waals surface area contributed by atoms with Gasteiger partial charge in [-0.1, -0.05) is 23.4 Å². The van der Waals surface area contributed by atoms with Gasteiger partial charge in [0.2, 0.25) is 11.8 Å². The number of nitrogens with one attached hydrogen (secondary N) is 1. The number of aromatic nitrogens is 2. The number of anilines is 2. The van der Waals surface area contributed by atoms with Crippen LogP contribution in [0.4, 0.5) is 15.8 Å². The fourth-order valence-electron chi connectivity index (χ4n) is 2.98. The summed E-state index contributed by atoms with van der Waals surface area (Å²) in [6, 6.07) is 11.2. The van der Waals surface area contributed by atoms with E-state index in [-0.39, 0.29) is 28.6 Å². The van der Waals surface area contributed by atoms with Crippen molar-refractivity contribution >= 4 is 40.6 Å². The number of hydrogen-bond donors (Lipinski definition) is 1. The molecule has 2 heterocycles. The van der Waals surface area contributed by atoms with Gasteiger partial charge in [0.05, 0.1) is 30.3 Å². The maximum Gasteiger partial charge on any atom is 0.277 e. The molecule has 0 bridgehead atoms. The van der Waals surface area contributed by atoms with Crippen molar-refractivity contribution in [1.29, 1.82) is 0 Å². The Kier molecular flexibility index (Phi) is 6.51. The zero-order valence-electron chi connectivity index (χ0n) is 15.8. The van der Waals surface area contributed by atoms with Crippen molar-refractivity contribution in [2.24, 2.45) is 0 Å². The van der Waals surface area contributed by atoms with Crippen molar-refractivity contribution in [2.45, 2.75) is 5.22 Å². The second-order valence-electron chi connectivity index (χ2n) is 6.48. The van der Waals surface area contributed by atoms with E-state index >= 15 is 0 Å². The average Bonchev–Trinajstić information content (AvgIpc) is 3.23. The van der Waals surface area contributed by atoms with E-state index in [1.54, 1.807) is 24.3 Å². The summed E-state index contributed by atoms with van der Waals surface area (Å²) < 4.78 is 24.0.